The zero-order valence-electron chi connectivity index (χ0n) is 6.60. The van der Waals surface area contributed by atoms with Crippen molar-refractivity contribution in [3.8, 4) is 0 Å². The Hall–Kier alpha value is -0.790. The van der Waals surface area contributed by atoms with E-state index in [4.69, 9.17) is 0 Å². The second kappa shape index (κ2) is 2.11. The second-order valence-corrected chi connectivity index (χ2v) is 3.33. The van der Waals surface area contributed by atoms with Crippen LogP contribution >= 0.6 is 0 Å². The summed E-state index contributed by atoms with van der Waals surface area (Å²) in [5.74, 6) is -0.181. The largest absolute Gasteiger partial charge is 0.466 e. The number of ether oxygens (including phenoxy) is 1. The number of carbonyl (C=O) groups is 1. The highest BCUT2D eigenvalue weighted by atomic mass is 16.5. The van der Waals surface area contributed by atoms with Crippen molar-refractivity contribution in [2.75, 3.05) is 7.11 Å². The van der Waals surface area contributed by atoms with Gasteiger partial charge in [-0.2, -0.15) is 0 Å². The number of rotatable bonds is 1. The van der Waals surface area contributed by atoms with Crippen molar-refractivity contribution in [3.63, 3.8) is 0 Å². The normalized spacial score (nSPS) is 20.9. The number of hydrogen-bond donors (Lipinski definition) is 0. The third-order valence-corrected chi connectivity index (χ3v) is 1.66. The Morgan fingerprint density at radius 2 is 2.20 bits per heavy atom. The van der Waals surface area contributed by atoms with Gasteiger partial charge >= 0.3 is 5.97 Å². The van der Waals surface area contributed by atoms with Crippen molar-refractivity contribution in [3.05, 3.63) is 11.6 Å². The Balaban J connectivity index is 2.58. The number of allylic oxidation sites excluding steroid dienone is 1. The van der Waals surface area contributed by atoms with E-state index in [0.717, 1.165) is 12.0 Å². The summed E-state index contributed by atoms with van der Waals surface area (Å²) in [4.78, 5) is 10.8. The van der Waals surface area contributed by atoms with Crippen molar-refractivity contribution in [2.45, 2.75) is 20.3 Å². The predicted molar refractivity (Wildman–Crippen MR) is 38.5 cm³/mol. The first-order valence-corrected chi connectivity index (χ1v) is 3.35. The van der Waals surface area contributed by atoms with E-state index >= 15 is 0 Å². The fourth-order valence-corrected chi connectivity index (χ4v) is 1.20. The van der Waals surface area contributed by atoms with Crippen LogP contribution in [0.1, 0.15) is 20.3 Å². The van der Waals surface area contributed by atoms with Crippen LogP contribution in [0.2, 0.25) is 0 Å². The van der Waals surface area contributed by atoms with E-state index in [1.165, 1.54) is 7.11 Å². The molecule has 0 fully saturated rings. The monoisotopic (exact) mass is 140 g/mol. The van der Waals surface area contributed by atoms with Gasteiger partial charge in [0.25, 0.3) is 0 Å². The molecule has 0 aromatic heterocycles. The van der Waals surface area contributed by atoms with Crippen LogP contribution < -0.4 is 0 Å². The SMILES string of the molecule is COC(=O)C1=CC(C)(C)C1. The van der Waals surface area contributed by atoms with Crippen LogP contribution in [0.4, 0.5) is 0 Å². The van der Waals surface area contributed by atoms with Gasteiger partial charge in [0.15, 0.2) is 0 Å². The fraction of sp³-hybridized carbons (Fsp3) is 0.625. The van der Waals surface area contributed by atoms with Gasteiger partial charge in [0.1, 0.15) is 0 Å². The number of hydrogen-bond acceptors (Lipinski definition) is 2. The van der Waals surface area contributed by atoms with Gasteiger partial charge in [-0.25, -0.2) is 4.79 Å². The molecule has 1 aliphatic carbocycles. The molecule has 0 radical (unpaired) electrons. The zero-order valence-corrected chi connectivity index (χ0v) is 6.60. The number of carbonyl (C=O) groups excluding carboxylic acids is 1. The van der Waals surface area contributed by atoms with Crippen LogP contribution in [-0.2, 0) is 9.53 Å². The Bertz CT molecular complexity index is 189. The molecule has 10 heavy (non-hydrogen) atoms. The maximum atomic E-state index is 10.8. The van der Waals surface area contributed by atoms with E-state index in [2.05, 4.69) is 18.6 Å². The van der Waals surface area contributed by atoms with Crippen LogP contribution in [0, 0.1) is 5.41 Å². The first kappa shape index (κ1) is 7.32. The standard InChI is InChI=1S/C8H12O2/c1-8(2)4-6(5-8)7(9)10-3/h4H,5H2,1-3H3. The average molecular weight is 140 g/mol. The topological polar surface area (TPSA) is 26.3 Å². The molecule has 0 saturated carbocycles. The van der Waals surface area contributed by atoms with Gasteiger partial charge in [-0.1, -0.05) is 19.9 Å². The molecule has 56 valence electrons. The van der Waals surface area contributed by atoms with Crippen molar-refractivity contribution in [2.24, 2.45) is 5.41 Å². The molecule has 0 bridgehead atoms. The summed E-state index contributed by atoms with van der Waals surface area (Å²) in [7, 11) is 1.41. The third-order valence-electron chi connectivity index (χ3n) is 1.66. The predicted octanol–water partition coefficient (Wildman–Crippen LogP) is 1.52. The Morgan fingerprint density at radius 1 is 1.70 bits per heavy atom. The molecule has 0 aliphatic heterocycles. The molecule has 0 unspecified atom stereocenters. The van der Waals surface area contributed by atoms with Crippen molar-refractivity contribution >= 4 is 5.97 Å². The third kappa shape index (κ3) is 1.20. The van der Waals surface area contributed by atoms with Gasteiger partial charge in [-0.15, -0.1) is 0 Å². The second-order valence-electron chi connectivity index (χ2n) is 3.33. The molecule has 2 heteroatoms. The van der Waals surface area contributed by atoms with Crippen LogP contribution in [0.15, 0.2) is 11.6 Å². The van der Waals surface area contributed by atoms with Crippen LogP contribution in [0.5, 0.6) is 0 Å². The maximum Gasteiger partial charge on any atom is 0.333 e. The summed E-state index contributed by atoms with van der Waals surface area (Å²) in [5.41, 5.74) is 1.02. The van der Waals surface area contributed by atoms with E-state index < -0.39 is 0 Å². The molecule has 0 spiro atoms. The molecule has 0 saturated heterocycles. The first-order valence-electron chi connectivity index (χ1n) is 3.35. The lowest BCUT2D eigenvalue weighted by Crippen LogP contribution is -2.24. The Morgan fingerprint density at radius 3 is 2.50 bits per heavy atom. The summed E-state index contributed by atoms with van der Waals surface area (Å²) in [6.45, 7) is 4.19. The number of methoxy groups -OCH3 is 1. The smallest absolute Gasteiger partial charge is 0.333 e. The maximum absolute atomic E-state index is 10.8. The molecule has 0 heterocycles. The van der Waals surface area contributed by atoms with Gasteiger partial charge in [-0.3, -0.25) is 0 Å². The molecule has 2 nitrogen and oxygen atoms in total. The highest BCUT2D eigenvalue weighted by molar-refractivity contribution is 5.90. The van der Waals surface area contributed by atoms with Crippen LogP contribution in [0.3, 0.4) is 0 Å². The van der Waals surface area contributed by atoms with Gasteiger partial charge in [-0.05, 0) is 11.8 Å². The molecular formula is C8H12O2. The highest BCUT2D eigenvalue weighted by Gasteiger charge is 2.31. The van der Waals surface area contributed by atoms with E-state index in [1.807, 2.05) is 6.08 Å². The molecule has 1 aliphatic rings. The number of esters is 1. The van der Waals surface area contributed by atoms with Crippen molar-refractivity contribution in [1.82, 2.24) is 0 Å². The fourth-order valence-electron chi connectivity index (χ4n) is 1.20. The minimum Gasteiger partial charge on any atom is -0.466 e. The summed E-state index contributed by atoms with van der Waals surface area (Å²) in [6, 6.07) is 0. The quantitative estimate of drug-likeness (QED) is 0.516. The summed E-state index contributed by atoms with van der Waals surface area (Å²) < 4.78 is 4.54. The molecular weight excluding hydrogens is 128 g/mol. The van der Waals surface area contributed by atoms with Crippen molar-refractivity contribution in [1.29, 1.82) is 0 Å². The van der Waals surface area contributed by atoms with Crippen LogP contribution in [-0.4, -0.2) is 13.1 Å². The summed E-state index contributed by atoms with van der Waals surface area (Å²) >= 11 is 0. The van der Waals surface area contributed by atoms with Gasteiger partial charge in [0.2, 0.25) is 0 Å². The zero-order chi connectivity index (χ0) is 7.78. The molecule has 0 atom stereocenters. The van der Waals surface area contributed by atoms with Gasteiger partial charge in [0.05, 0.1) is 7.11 Å². The molecule has 0 N–H and O–H groups in total. The molecule has 1 rings (SSSR count). The van der Waals surface area contributed by atoms with Gasteiger partial charge < -0.3 is 4.74 Å². The highest BCUT2D eigenvalue weighted by Crippen LogP contribution is 2.37. The first-order chi connectivity index (χ1) is 4.55. The summed E-state index contributed by atoms with van der Waals surface area (Å²) in [5, 5.41) is 0. The Kier molecular flexibility index (Phi) is 1.55. The average Bonchev–Trinajstić information content (AvgIpc) is 1.81. The molecule has 0 aromatic rings. The van der Waals surface area contributed by atoms with Gasteiger partial charge in [0, 0.05) is 5.57 Å². The van der Waals surface area contributed by atoms with E-state index in [1.54, 1.807) is 0 Å². The van der Waals surface area contributed by atoms with Crippen molar-refractivity contribution < 1.29 is 9.53 Å². The Labute approximate surface area is 60.9 Å². The van der Waals surface area contributed by atoms with E-state index in [0.29, 0.717) is 0 Å². The lowest BCUT2D eigenvalue weighted by molar-refractivity contribution is -0.137. The van der Waals surface area contributed by atoms with E-state index in [-0.39, 0.29) is 11.4 Å². The molecule has 0 amide bonds. The minimum absolute atomic E-state index is 0.181. The lowest BCUT2D eigenvalue weighted by Gasteiger charge is -2.30. The molecule has 0 aromatic carbocycles. The minimum atomic E-state index is -0.181. The summed E-state index contributed by atoms with van der Waals surface area (Å²) in [6.07, 6.45) is 2.80. The lowest BCUT2D eigenvalue weighted by atomic mass is 9.74. The van der Waals surface area contributed by atoms with Crippen LogP contribution in [0.25, 0.3) is 0 Å². The van der Waals surface area contributed by atoms with E-state index in [9.17, 15) is 4.79 Å².